The van der Waals surface area contributed by atoms with E-state index in [1.807, 2.05) is 0 Å². The molecule has 1 rings (SSSR count). The molecule has 0 aliphatic heterocycles. The number of carbonyl (C=O) groups is 2. The molecule has 0 heterocycles. The van der Waals surface area contributed by atoms with Gasteiger partial charge in [0, 0.05) is 5.56 Å². The number of ether oxygens (including phenoxy) is 3. The lowest BCUT2D eigenvalue weighted by molar-refractivity contribution is 0.0596. The number of carbonyl (C=O) groups excluding carboxylic acids is 2. The predicted octanol–water partition coefficient (Wildman–Crippen LogP) is 1.30. The Labute approximate surface area is 92.9 Å². The molecule has 0 atom stereocenters. The minimum atomic E-state index is -0.584. The molecule has 0 aliphatic carbocycles. The number of esters is 1. The van der Waals surface area contributed by atoms with Gasteiger partial charge in [0.05, 0.1) is 21.3 Å². The highest BCUT2D eigenvalue weighted by Crippen LogP contribution is 2.32. The Hall–Kier alpha value is -2.04. The van der Waals surface area contributed by atoms with Crippen LogP contribution in [0.1, 0.15) is 20.7 Å². The van der Waals surface area contributed by atoms with Crippen molar-refractivity contribution < 1.29 is 23.8 Å². The summed E-state index contributed by atoms with van der Waals surface area (Å²) in [4.78, 5) is 22.1. The molecule has 0 spiro atoms. The molecule has 0 amide bonds. The van der Waals surface area contributed by atoms with Gasteiger partial charge >= 0.3 is 5.97 Å². The standard InChI is InChI=1S/C11H12O5/c1-14-9-5-7(6-12)4-8(10(9)15-2)11(13)16-3/h4-6H,1-3H3. The molecule has 5 heteroatoms. The van der Waals surface area contributed by atoms with Crippen LogP contribution in [-0.4, -0.2) is 33.6 Å². The fourth-order valence-electron chi connectivity index (χ4n) is 1.32. The van der Waals surface area contributed by atoms with E-state index in [-0.39, 0.29) is 11.3 Å². The van der Waals surface area contributed by atoms with Crippen molar-refractivity contribution in [1.82, 2.24) is 0 Å². The number of benzene rings is 1. The first-order chi connectivity index (χ1) is 7.67. The molecule has 1 aromatic carbocycles. The van der Waals surface area contributed by atoms with E-state index in [0.717, 1.165) is 0 Å². The van der Waals surface area contributed by atoms with E-state index >= 15 is 0 Å². The largest absolute Gasteiger partial charge is 0.493 e. The molecule has 86 valence electrons. The Balaban J connectivity index is 3.42. The van der Waals surface area contributed by atoms with Crippen molar-refractivity contribution in [2.45, 2.75) is 0 Å². The third-order valence-electron chi connectivity index (χ3n) is 2.04. The lowest BCUT2D eigenvalue weighted by Gasteiger charge is -2.11. The van der Waals surface area contributed by atoms with Gasteiger partial charge in [-0.15, -0.1) is 0 Å². The summed E-state index contributed by atoms with van der Waals surface area (Å²) < 4.78 is 14.7. The van der Waals surface area contributed by atoms with Gasteiger partial charge in [0.2, 0.25) is 0 Å². The zero-order chi connectivity index (χ0) is 12.1. The van der Waals surface area contributed by atoms with E-state index in [4.69, 9.17) is 9.47 Å². The quantitative estimate of drug-likeness (QED) is 0.570. The number of methoxy groups -OCH3 is 3. The Morgan fingerprint density at radius 2 is 1.88 bits per heavy atom. The zero-order valence-corrected chi connectivity index (χ0v) is 9.27. The predicted molar refractivity (Wildman–Crippen MR) is 56.3 cm³/mol. The number of hydrogen-bond acceptors (Lipinski definition) is 5. The van der Waals surface area contributed by atoms with E-state index in [9.17, 15) is 9.59 Å². The Morgan fingerprint density at radius 1 is 1.19 bits per heavy atom. The number of aldehydes is 1. The van der Waals surface area contributed by atoms with Gasteiger partial charge in [-0.05, 0) is 12.1 Å². The summed E-state index contributed by atoms with van der Waals surface area (Å²) in [6.45, 7) is 0. The van der Waals surface area contributed by atoms with E-state index in [1.54, 1.807) is 0 Å². The molecule has 0 N–H and O–H groups in total. The van der Waals surface area contributed by atoms with Gasteiger partial charge in [-0.1, -0.05) is 0 Å². The van der Waals surface area contributed by atoms with Crippen LogP contribution in [0.4, 0.5) is 0 Å². The van der Waals surface area contributed by atoms with Crippen molar-refractivity contribution in [3.05, 3.63) is 23.3 Å². The Kier molecular flexibility index (Phi) is 3.88. The summed E-state index contributed by atoms with van der Waals surface area (Å²) in [7, 11) is 4.08. The van der Waals surface area contributed by atoms with Crippen LogP contribution in [0, 0.1) is 0 Å². The van der Waals surface area contributed by atoms with Gasteiger partial charge in [-0.25, -0.2) is 4.79 Å². The lowest BCUT2D eigenvalue weighted by Crippen LogP contribution is -2.06. The van der Waals surface area contributed by atoms with Gasteiger partial charge in [0.25, 0.3) is 0 Å². The highest BCUT2D eigenvalue weighted by atomic mass is 16.5. The average molecular weight is 224 g/mol. The van der Waals surface area contributed by atoms with Crippen molar-refractivity contribution in [3.63, 3.8) is 0 Å². The molecule has 0 saturated heterocycles. The molecule has 0 bridgehead atoms. The molecule has 0 radical (unpaired) electrons. The Morgan fingerprint density at radius 3 is 2.31 bits per heavy atom. The third-order valence-corrected chi connectivity index (χ3v) is 2.04. The van der Waals surface area contributed by atoms with Crippen molar-refractivity contribution in [3.8, 4) is 11.5 Å². The second-order valence-corrected chi connectivity index (χ2v) is 2.91. The van der Waals surface area contributed by atoms with Crippen LogP contribution in [0.5, 0.6) is 11.5 Å². The van der Waals surface area contributed by atoms with Crippen LogP contribution in [0.25, 0.3) is 0 Å². The van der Waals surface area contributed by atoms with Crippen molar-refractivity contribution in [1.29, 1.82) is 0 Å². The summed E-state index contributed by atoms with van der Waals surface area (Å²) in [5.41, 5.74) is 0.476. The summed E-state index contributed by atoms with van der Waals surface area (Å²) in [5, 5.41) is 0. The first-order valence-electron chi connectivity index (χ1n) is 4.47. The molecule has 0 saturated carbocycles. The van der Waals surface area contributed by atoms with Crippen molar-refractivity contribution in [2.75, 3.05) is 21.3 Å². The maximum absolute atomic E-state index is 11.5. The third kappa shape index (κ3) is 2.13. The fraction of sp³-hybridized carbons (Fsp3) is 0.273. The van der Waals surface area contributed by atoms with Crippen molar-refractivity contribution in [2.24, 2.45) is 0 Å². The van der Waals surface area contributed by atoms with Crippen LogP contribution in [0.15, 0.2) is 12.1 Å². The fourth-order valence-corrected chi connectivity index (χ4v) is 1.32. The van der Waals surface area contributed by atoms with Crippen LogP contribution >= 0.6 is 0 Å². The van der Waals surface area contributed by atoms with Crippen molar-refractivity contribution >= 4 is 12.3 Å². The molecular weight excluding hydrogens is 212 g/mol. The van der Waals surface area contributed by atoms with Crippen LogP contribution < -0.4 is 9.47 Å². The van der Waals surface area contributed by atoms with Crippen LogP contribution in [-0.2, 0) is 4.74 Å². The van der Waals surface area contributed by atoms with E-state index in [1.165, 1.54) is 33.5 Å². The second-order valence-electron chi connectivity index (χ2n) is 2.91. The maximum atomic E-state index is 11.5. The van der Waals surface area contributed by atoms with E-state index < -0.39 is 5.97 Å². The van der Waals surface area contributed by atoms with Gasteiger partial charge in [0.1, 0.15) is 11.8 Å². The molecule has 0 unspecified atom stereocenters. The minimum Gasteiger partial charge on any atom is -0.493 e. The van der Waals surface area contributed by atoms with Gasteiger partial charge < -0.3 is 14.2 Å². The highest BCUT2D eigenvalue weighted by Gasteiger charge is 2.18. The maximum Gasteiger partial charge on any atom is 0.341 e. The summed E-state index contributed by atoms with van der Waals surface area (Å²) >= 11 is 0. The smallest absolute Gasteiger partial charge is 0.341 e. The number of hydrogen-bond donors (Lipinski definition) is 0. The summed E-state index contributed by atoms with van der Waals surface area (Å²) in [6.07, 6.45) is 0.619. The normalized spacial score (nSPS) is 9.44. The van der Waals surface area contributed by atoms with E-state index in [2.05, 4.69) is 4.74 Å². The molecule has 0 fully saturated rings. The van der Waals surface area contributed by atoms with Gasteiger partial charge in [-0.2, -0.15) is 0 Å². The molecule has 0 aliphatic rings. The highest BCUT2D eigenvalue weighted by molar-refractivity contribution is 5.95. The summed E-state index contributed by atoms with van der Waals surface area (Å²) in [6, 6.07) is 2.87. The second kappa shape index (κ2) is 5.16. The topological polar surface area (TPSA) is 61.8 Å². The average Bonchev–Trinajstić information content (AvgIpc) is 2.35. The molecular formula is C11H12O5. The van der Waals surface area contributed by atoms with E-state index in [0.29, 0.717) is 17.6 Å². The molecule has 1 aromatic rings. The van der Waals surface area contributed by atoms with Gasteiger partial charge in [-0.3, -0.25) is 4.79 Å². The molecule has 16 heavy (non-hydrogen) atoms. The first-order valence-corrected chi connectivity index (χ1v) is 4.47. The lowest BCUT2D eigenvalue weighted by atomic mass is 10.1. The summed E-state index contributed by atoms with van der Waals surface area (Å²) in [5.74, 6) is -0.0219. The zero-order valence-electron chi connectivity index (χ0n) is 9.27. The Bertz CT molecular complexity index is 411. The molecule has 5 nitrogen and oxygen atoms in total. The monoisotopic (exact) mass is 224 g/mol. The molecule has 0 aromatic heterocycles. The number of rotatable bonds is 4. The van der Waals surface area contributed by atoms with Gasteiger partial charge in [0.15, 0.2) is 11.5 Å². The minimum absolute atomic E-state index is 0.159. The SMILES string of the molecule is COC(=O)c1cc(C=O)cc(OC)c1OC. The van der Waals surface area contributed by atoms with Crippen LogP contribution in [0.2, 0.25) is 0 Å². The first kappa shape index (κ1) is 12.0. The van der Waals surface area contributed by atoms with Crippen LogP contribution in [0.3, 0.4) is 0 Å².